The predicted molar refractivity (Wildman–Crippen MR) is 64.9 cm³/mol. The molecule has 2 nitrogen and oxygen atoms in total. The Balaban J connectivity index is 2.32. The molecule has 1 aliphatic carbocycles. The van der Waals surface area contributed by atoms with Crippen molar-refractivity contribution in [1.82, 2.24) is 5.32 Å². The molecule has 2 unspecified atom stereocenters. The molecule has 2 heteroatoms. The van der Waals surface area contributed by atoms with Crippen LogP contribution in [0.3, 0.4) is 0 Å². The van der Waals surface area contributed by atoms with Crippen LogP contribution in [0.2, 0.25) is 0 Å². The van der Waals surface area contributed by atoms with Crippen LogP contribution in [0.25, 0.3) is 0 Å². The Morgan fingerprint density at radius 3 is 2.47 bits per heavy atom. The van der Waals surface area contributed by atoms with E-state index in [1.165, 1.54) is 32.1 Å². The van der Waals surface area contributed by atoms with Crippen LogP contribution >= 0.6 is 0 Å². The van der Waals surface area contributed by atoms with Gasteiger partial charge in [0.15, 0.2) is 0 Å². The van der Waals surface area contributed by atoms with Gasteiger partial charge in [-0.3, -0.25) is 0 Å². The van der Waals surface area contributed by atoms with E-state index < -0.39 is 0 Å². The number of hydrogen-bond donors (Lipinski definition) is 2. The maximum Gasteiger partial charge on any atom is 0.0582 e. The lowest BCUT2D eigenvalue weighted by atomic mass is 9.89. The minimum Gasteiger partial charge on any atom is -0.395 e. The van der Waals surface area contributed by atoms with Gasteiger partial charge in [-0.1, -0.05) is 26.7 Å². The van der Waals surface area contributed by atoms with Gasteiger partial charge in [-0.25, -0.2) is 0 Å². The molecule has 0 bridgehead atoms. The summed E-state index contributed by atoms with van der Waals surface area (Å²) in [5.41, 5.74) is 0. The van der Waals surface area contributed by atoms with Crippen molar-refractivity contribution in [3.8, 4) is 0 Å². The zero-order chi connectivity index (χ0) is 11.3. The maximum absolute atomic E-state index is 9.01. The molecular weight excluding hydrogens is 186 g/mol. The Morgan fingerprint density at radius 1 is 1.13 bits per heavy atom. The van der Waals surface area contributed by atoms with Gasteiger partial charge >= 0.3 is 0 Å². The second-order valence-electron chi connectivity index (χ2n) is 5.46. The van der Waals surface area contributed by atoms with E-state index in [0.29, 0.717) is 6.04 Å². The fourth-order valence-corrected chi connectivity index (χ4v) is 2.62. The van der Waals surface area contributed by atoms with Gasteiger partial charge in [-0.15, -0.1) is 0 Å². The Hall–Kier alpha value is -0.0800. The van der Waals surface area contributed by atoms with Gasteiger partial charge in [0.2, 0.25) is 0 Å². The molecule has 3 atom stereocenters. The van der Waals surface area contributed by atoms with Gasteiger partial charge in [0, 0.05) is 12.1 Å². The average molecular weight is 213 g/mol. The molecule has 0 aromatic carbocycles. The van der Waals surface area contributed by atoms with Crippen molar-refractivity contribution >= 4 is 0 Å². The lowest BCUT2D eigenvalue weighted by Crippen LogP contribution is -2.38. The van der Waals surface area contributed by atoms with Crippen molar-refractivity contribution in [2.75, 3.05) is 6.61 Å². The van der Waals surface area contributed by atoms with Gasteiger partial charge < -0.3 is 10.4 Å². The lowest BCUT2D eigenvalue weighted by molar-refractivity contribution is 0.235. The smallest absolute Gasteiger partial charge is 0.0582 e. The Labute approximate surface area is 94.5 Å². The number of aliphatic hydroxyl groups excluding tert-OH is 1. The molecule has 0 heterocycles. The van der Waals surface area contributed by atoms with Crippen molar-refractivity contribution in [1.29, 1.82) is 0 Å². The first kappa shape index (κ1) is 13.0. The van der Waals surface area contributed by atoms with E-state index in [0.717, 1.165) is 11.8 Å². The first-order valence-corrected chi connectivity index (χ1v) is 6.50. The van der Waals surface area contributed by atoms with Crippen molar-refractivity contribution in [2.45, 2.75) is 65.0 Å². The molecule has 2 N–H and O–H groups in total. The fourth-order valence-electron chi connectivity index (χ4n) is 2.62. The number of aliphatic hydroxyl groups is 1. The first-order valence-electron chi connectivity index (χ1n) is 6.50. The van der Waals surface area contributed by atoms with E-state index in [-0.39, 0.29) is 12.6 Å². The minimum atomic E-state index is 0.254. The van der Waals surface area contributed by atoms with Crippen LogP contribution in [-0.2, 0) is 0 Å². The third-order valence-corrected chi connectivity index (χ3v) is 3.75. The van der Waals surface area contributed by atoms with E-state index in [1.807, 2.05) is 0 Å². The molecule has 90 valence electrons. The SMILES string of the molecule is CC(C)C1CCCC(N[C@H](C)CO)CC1. The Morgan fingerprint density at radius 2 is 1.87 bits per heavy atom. The summed E-state index contributed by atoms with van der Waals surface area (Å²) in [5, 5.41) is 12.5. The van der Waals surface area contributed by atoms with Gasteiger partial charge in [-0.05, 0) is 38.0 Å². The maximum atomic E-state index is 9.01. The number of rotatable bonds is 4. The summed E-state index contributed by atoms with van der Waals surface area (Å²) < 4.78 is 0. The molecule has 1 saturated carbocycles. The third kappa shape index (κ3) is 4.52. The molecule has 0 amide bonds. The Bertz CT molecular complexity index is 170. The summed E-state index contributed by atoms with van der Waals surface area (Å²) >= 11 is 0. The molecule has 0 saturated heterocycles. The minimum absolute atomic E-state index is 0.254. The number of hydrogen-bond acceptors (Lipinski definition) is 2. The normalized spacial score (nSPS) is 30.2. The highest BCUT2D eigenvalue weighted by Gasteiger charge is 2.21. The molecule has 1 fully saturated rings. The summed E-state index contributed by atoms with van der Waals surface area (Å²) in [4.78, 5) is 0. The van der Waals surface area contributed by atoms with Crippen LogP contribution in [0.1, 0.15) is 52.9 Å². The van der Waals surface area contributed by atoms with Crippen molar-refractivity contribution < 1.29 is 5.11 Å². The molecule has 15 heavy (non-hydrogen) atoms. The van der Waals surface area contributed by atoms with Crippen molar-refractivity contribution in [3.05, 3.63) is 0 Å². The van der Waals surface area contributed by atoms with Crippen LogP contribution in [0, 0.1) is 11.8 Å². The van der Waals surface area contributed by atoms with Crippen LogP contribution in [-0.4, -0.2) is 23.8 Å². The van der Waals surface area contributed by atoms with E-state index in [1.54, 1.807) is 0 Å². The molecule has 0 aromatic rings. The molecule has 0 radical (unpaired) electrons. The number of nitrogens with one attached hydrogen (secondary N) is 1. The lowest BCUT2D eigenvalue weighted by Gasteiger charge is -2.21. The molecule has 1 rings (SSSR count). The standard InChI is InChI=1S/C13H27NO/c1-10(2)12-5-4-6-13(8-7-12)14-11(3)9-15/h10-15H,4-9H2,1-3H3/t11-,12?,13?/m1/s1. The van der Waals surface area contributed by atoms with Crippen molar-refractivity contribution in [3.63, 3.8) is 0 Å². The molecule has 0 spiro atoms. The molecular formula is C13H27NO. The second-order valence-corrected chi connectivity index (χ2v) is 5.46. The fraction of sp³-hybridized carbons (Fsp3) is 1.00. The van der Waals surface area contributed by atoms with Crippen LogP contribution in [0.15, 0.2) is 0 Å². The van der Waals surface area contributed by atoms with Gasteiger partial charge in [0.25, 0.3) is 0 Å². The van der Waals surface area contributed by atoms with E-state index in [4.69, 9.17) is 5.11 Å². The van der Waals surface area contributed by atoms with E-state index in [2.05, 4.69) is 26.1 Å². The summed E-state index contributed by atoms with van der Waals surface area (Å²) in [7, 11) is 0. The Kier molecular flexibility index (Phi) is 5.62. The summed E-state index contributed by atoms with van der Waals surface area (Å²) in [6.45, 7) is 7.00. The topological polar surface area (TPSA) is 32.3 Å². The van der Waals surface area contributed by atoms with Crippen molar-refractivity contribution in [2.24, 2.45) is 11.8 Å². The van der Waals surface area contributed by atoms with Gasteiger partial charge in [0.05, 0.1) is 6.61 Å². The molecule has 0 aliphatic heterocycles. The predicted octanol–water partition coefficient (Wildman–Crippen LogP) is 2.56. The highest BCUT2D eigenvalue weighted by Crippen LogP contribution is 2.28. The van der Waals surface area contributed by atoms with Crippen LogP contribution < -0.4 is 5.32 Å². The molecule has 0 aromatic heterocycles. The second kappa shape index (κ2) is 6.49. The average Bonchev–Trinajstić information content (AvgIpc) is 2.43. The van der Waals surface area contributed by atoms with Crippen LogP contribution in [0.5, 0.6) is 0 Å². The largest absolute Gasteiger partial charge is 0.395 e. The quantitative estimate of drug-likeness (QED) is 0.703. The highest BCUT2D eigenvalue weighted by molar-refractivity contribution is 4.78. The summed E-state index contributed by atoms with van der Waals surface area (Å²) in [6.07, 6.45) is 6.66. The van der Waals surface area contributed by atoms with Crippen LogP contribution in [0.4, 0.5) is 0 Å². The monoisotopic (exact) mass is 213 g/mol. The summed E-state index contributed by atoms with van der Waals surface area (Å²) in [6, 6.07) is 0.890. The first-order chi connectivity index (χ1) is 7.13. The zero-order valence-corrected chi connectivity index (χ0v) is 10.5. The van der Waals surface area contributed by atoms with E-state index >= 15 is 0 Å². The third-order valence-electron chi connectivity index (χ3n) is 3.75. The molecule has 1 aliphatic rings. The van der Waals surface area contributed by atoms with Gasteiger partial charge in [0.1, 0.15) is 0 Å². The highest BCUT2D eigenvalue weighted by atomic mass is 16.3. The zero-order valence-electron chi connectivity index (χ0n) is 10.5. The van der Waals surface area contributed by atoms with E-state index in [9.17, 15) is 0 Å². The summed E-state index contributed by atoms with van der Waals surface area (Å²) in [5.74, 6) is 1.75. The van der Waals surface area contributed by atoms with Gasteiger partial charge in [-0.2, -0.15) is 0 Å².